The molecule has 0 spiro atoms. The number of unbranched alkanes of at least 4 members (excludes halogenated alkanes) is 1. The predicted octanol–water partition coefficient (Wildman–Crippen LogP) is 3.71. The van der Waals surface area contributed by atoms with Crippen LogP contribution in [0.15, 0.2) is 12.2 Å². The van der Waals surface area contributed by atoms with E-state index >= 15 is 0 Å². The summed E-state index contributed by atoms with van der Waals surface area (Å²) in [6.45, 7) is 6.42. The second-order valence-electron chi connectivity index (χ2n) is 4.15. The van der Waals surface area contributed by atoms with E-state index in [1.54, 1.807) is 0 Å². The molecule has 0 aliphatic rings. The van der Waals surface area contributed by atoms with Gasteiger partial charge in [-0.25, -0.2) is 0 Å². The summed E-state index contributed by atoms with van der Waals surface area (Å²) in [5, 5.41) is 0. The van der Waals surface area contributed by atoms with E-state index in [-0.39, 0.29) is 19.4 Å². The summed E-state index contributed by atoms with van der Waals surface area (Å²) in [5.74, 6) is 0.989. The largest absolute Gasteiger partial charge is 0.303 e. The number of hydrogen-bond donors (Lipinski definition) is 0. The normalized spacial score (nSPS) is 12.9. The standard InChI is InChI=1S/C12H22O.H2S/c1-11(2)8-6-4-5-7-9-12(3)10-13;/h4,6,10-12H,5,7-9H2,1-3H3;1H2/b6-4-;/t12-;/m0./s1. The molecule has 84 valence electrons. The Bertz CT molecular complexity index is 152. The Balaban J connectivity index is 0. The van der Waals surface area contributed by atoms with E-state index in [2.05, 4.69) is 26.0 Å². The lowest BCUT2D eigenvalue weighted by atomic mass is 10.1. The monoisotopic (exact) mass is 216 g/mol. The minimum Gasteiger partial charge on any atom is -0.303 e. The van der Waals surface area contributed by atoms with Crippen molar-refractivity contribution in [2.24, 2.45) is 11.8 Å². The lowest BCUT2D eigenvalue weighted by molar-refractivity contribution is -0.110. The molecule has 0 amide bonds. The Morgan fingerprint density at radius 1 is 1.14 bits per heavy atom. The van der Waals surface area contributed by atoms with Crippen molar-refractivity contribution in [3.63, 3.8) is 0 Å². The SMILES string of the molecule is CC(C)C/C=C\CCC[C@H](C)C=O.S. The van der Waals surface area contributed by atoms with Crippen LogP contribution in [-0.2, 0) is 4.79 Å². The van der Waals surface area contributed by atoms with Crippen LogP contribution >= 0.6 is 13.5 Å². The summed E-state index contributed by atoms with van der Waals surface area (Å²) in [4.78, 5) is 10.3. The van der Waals surface area contributed by atoms with E-state index in [0.29, 0.717) is 0 Å². The summed E-state index contributed by atoms with van der Waals surface area (Å²) in [6, 6.07) is 0. The van der Waals surface area contributed by atoms with Crippen LogP contribution in [0, 0.1) is 11.8 Å². The summed E-state index contributed by atoms with van der Waals surface area (Å²) >= 11 is 0. The fraction of sp³-hybridized carbons (Fsp3) is 0.750. The van der Waals surface area contributed by atoms with Crippen LogP contribution in [0.1, 0.15) is 46.5 Å². The molecule has 0 N–H and O–H groups in total. The Hall–Kier alpha value is -0.240. The van der Waals surface area contributed by atoms with Gasteiger partial charge in [0.2, 0.25) is 0 Å². The molecule has 0 radical (unpaired) electrons. The van der Waals surface area contributed by atoms with Crippen LogP contribution in [0.25, 0.3) is 0 Å². The molecule has 0 heterocycles. The lowest BCUT2D eigenvalue weighted by Crippen LogP contribution is -1.94. The second kappa shape index (κ2) is 10.8. The zero-order chi connectivity index (χ0) is 10.1. The zero-order valence-corrected chi connectivity index (χ0v) is 10.6. The maximum absolute atomic E-state index is 10.3. The minimum absolute atomic E-state index is 0. The van der Waals surface area contributed by atoms with Gasteiger partial charge in [-0.05, 0) is 31.6 Å². The van der Waals surface area contributed by atoms with Crippen LogP contribution in [0.2, 0.25) is 0 Å². The first-order valence-corrected chi connectivity index (χ1v) is 5.27. The van der Waals surface area contributed by atoms with Crippen molar-refractivity contribution in [3.8, 4) is 0 Å². The highest BCUT2D eigenvalue weighted by Gasteiger charge is 1.96. The van der Waals surface area contributed by atoms with Gasteiger partial charge in [-0.15, -0.1) is 0 Å². The van der Waals surface area contributed by atoms with E-state index in [1.165, 1.54) is 6.42 Å². The minimum atomic E-state index is 0. The van der Waals surface area contributed by atoms with E-state index in [0.717, 1.165) is 31.5 Å². The lowest BCUT2D eigenvalue weighted by Gasteiger charge is -2.00. The first-order chi connectivity index (χ1) is 6.16. The first-order valence-electron chi connectivity index (χ1n) is 5.27. The molecule has 2 heteroatoms. The molecule has 0 aromatic rings. The molecule has 1 nitrogen and oxygen atoms in total. The van der Waals surface area contributed by atoms with E-state index in [9.17, 15) is 4.79 Å². The average Bonchev–Trinajstić information content (AvgIpc) is 2.10. The zero-order valence-electron chi connectivity index (χ0n) is 9.62. The summed E-state index contributed by atoms with van der Waals surface area (Å²) in [7, 11) is 0. The van der Waals surface area contributed by atoms with Crippen molar-refractivity contribution in [1.82, 2.24) is 0 Å². The summed E-state index contributed by atoms with van der Waals surface area (Å²) < 4.78 is 0. The van der Waals surface area contributed by atoms with Crippen LogP contribution in [0.3, 0.4) is 0 Å². The van der Waals surface area contributed by atoms with Crippen molar-refractivity contribution in [1.29, 1.82) is 0 Å². The number of carbonyl (C=O) groups is 1. The Labute approximate surface area is 95.4 Å². The fourth-order valence-corrected chi connectivity index (χ4v) is 1.11. The molecule has 0 fully saturated rings. The molecule has 0 aliphatic carbocycles. The summed E-state index contributed by atoms with van der Waals surface area (Å²) in [6.07, 6.45) is 9.96. The number of rotatable bonds is 7. The molecule has 0 saturated heterocycles. The highest BCUT2D eigenvalue weighted by Crippen LogP contribution is 2.06. The molecule has 1 atom stereocenters. The van der Waals surface area contributed by atoms with Crippen molar-refractivity contribution in [3.05, 3.63) is 12.2 Å². The van der Waals surface area contributed by atoms with Gasteiger partial charge in [-0.1, -0.05) is 32.9 Å². The van der Waals surface area contributed by atoms with Crippen LogP contribution in [-0.4, -0.2) is 6.29 Å². The number of hydrogen-bond acceptors (Lipinski definition) is 1. The van der Waals surface area contributed by atoms with E-state index in [4.69, 9.17) is 0 Å². The van der Waals surface area contributed by atoms with Crippen LogP contribution in [0.5, 0.6) is 0 Å². The van der Waals surface area contributed by atoms with Gasteiger partial charge in [0.1, 0.15) is 6.29 Å². The molecular weight excluding hydrogens is 192 g/mol. The highest BCUT2D eigenvalue weighted by atomic mass is 32.1. The number of aldehydes is 1. The third kappa shape index (κ3) is 11.8. The molecule has 14 heavy (non-hydrogen) atoms. The van der Waals surface area contributed by atoms with Gasteiger partial charge < -0.3 is 4.79 Å². The van der Waals surface area contributed by atoms with Gasteiger partial charge in [-0.2, -0.15) is 13.5 Å². The van der Waals surface area contributed by atoms with Crippen molar-refractivity contribution in [2.45, 2.75) is 46.5 Å². The second-order valence-corrected chi connectivity index (χ2v) is 4.15. The van der Waals surface area contributed by atoms with E-state index < -0.39 is 0 Å². The number of carbonyl (C=O) groups excluding carboxylic acids is 1. The third-order valence-corrected chi connectivity index (χ3v) is 2.04. The topological polar surface area (TPSA) is 17.1 Å². The fourth-order valence-electron chi connectivity index (χ4n) is 1.11. The van der Waals surface area contributed by atoms with Gasteiger partial charge in [-0.3, -0.25) is 0 Å². The van der Waals surface area contributed by atoms with Crippen molar-refractivity contribution < 1.29 is 4.79 Å². The quantitative estimate of drug-likeness (QED) is 0.360. The molecule has 0 unspecified atom stereocenters. The summed E-state index contributed by atoms with van der Waals surface area (Å²) in [5.41, 5.74) is 0. The molecular formula is C12H24OS. The molecule has 0 rings (SSSR count). The number of allylic oxidation sites excluding steroid dienone is 2. The van der Waals surface area contributed by atoms with Crippen molar-refractivity contribution >= 4 is 19.8 Å². The molecule has 0 aromatic carbocycles. The maximum atomic E-state index is 10.3. The van der Waals surface area contributed by atoms with Crippen LogP contribution in [0.4, 0.5) is 0 Å². The Morgan fingerprint density at radius 2 is 1.79 bits per heavy atom. The molecule has 0 bridgehead atoms. The van der Waals surface area contributed by atoms with Gasteiger partial charge in [0.05, 0.1) is 0 Å². The predicted molar refractivity (Wildman–Crippen MR) is 68.1 cm³/mol. The Morgan fingerprint density at radius 3 is 2.29 bits per heavy atom. The molecule has 0 aliphatic heterocycles. The van der Waals surface area contributed by atoms with Gasteiger partial charge in [0.15, 0.2) is 0 Å². The van der Waals surface area contributed by atoms with Gasteiger partial charge >= 0.3 is 0 Å². The van der Waals surface area contributed by atoms with Gasteiger partial charge in [0, 0.05) is 5.92 Å². The smallest absolute Gasteiger partial charge is 0.122 e. The Kier molecular flexibility index (Phi) is 12.5. The third-order valence-electron chi connectivity index (χ3n) is 2.04. The molecule has 0 aromatic heterocycles. The highest BCUT2D eigenvalue weighted by molar-refractivity contribution is 7.59. The first kappa shape index (κ1) is 16.2. The average molecular weight is 216 g/mol. The van der Waals surface area contributed by atoms with Gasteiger partial charge in [0.25, 0.3) is 0 Å². The van der Waals surface area contributed by atoms with Crippen LogP contribution < -0.4 is 0 Å². The maximum Gasteiger partial charge on any atom is 0.122 e. The molecule has 0 saturated carbocycles. The van der Waals surface area contributed by atoms with E-state index in [1.807, 2.05) is 6.92 Å². The van der Waals surface area contributed by atoms with Crippen molar-refractivity contribution in [2.75, 3.05) is 0 Å².